The van der Waals surface area contributed by atoms with E-state index in [-0.39, 0.29) is 23.7 Å². The number of halogens is 3. The average Bonchev–Trinajstić information content (AvgIpc) is 2.27. The van der Waals surface area contributed by atoms with Gasteiger partial charge in [-0.25, -0.2) is 0 Å². The van der Waals surface area contributed by atoms with Gasteiger partial charge in [-0.3, -0.25) is 4.79 Å². The summed E-state index contributed by atoms with van der Waals surface area (Å²) in [6.07, 6.45) is -3.34. The van der Waals surface area contributed by atoms with Crippen LogP contribution in [0.3, 0.4) is 0 Å². The molecule has 0 heterocycles. The number of alkyl halides is 3. The van der Waals surface area contributed by atoms with Gasteiger partial charge in [0.05, 0.1) is 16.9 Å². The molecule has 0 aliphatic heterocycles. The maximum absolute atomic E-state index is 12.6. The lowest BCUT2D eigenvalue weighted by Gasteiger charge is -2.30. The molecule has 1 fully saturated rings. The van der Waals surface area contributed by atoms with Gasteiger partial charge in [-0.15, -0.1) is 0 Å². The summed E-state index contributed by atoms with van der Waals surface area (Å²) >= 11 is 4.70. The molecule has 1 aliphatic carbocycles. The van der Waals surface area contributed by atoms with Crippen molar-refractivity contribution < 1.29 is 18.0 Å². The molecule has 0 aromatic heterocycles. The van der Waals surface area contributed by atoms with Crippen molar-refractivity contribution in [2.75, 3.05) is 0 Å². The number of carbonyl (C=O) groups is 1. The third-order valence-electron chi connectivity index (χ3n) is 3.29. The second-order valence-corrected chi connectivity index (χ2v) is 5.21. The number of nitrogens with one attached hydrogen (secondary N) is 1. The van der Waals surface area contributed by atoms with E-state index in [1.165, 1.54) is 0 Å². The van der Waals surface area contributed by atoms with Crippen molar-refractivity contribution >= 4 is 23.1 Å². The summed E-state index contributed by atoms with van der Waals surface area (Å²) in [6.45, 7) is 1.62. The molecule has 0 saturated heterocycles. The Bertz CT molecular complexity index is 333. The first-order valence-corrected chi connectivity index (χ1v) is 6.29. The van der Waals surface area contributed by atoms with Gasteiger partial charge in [-0.2, -0.15) is 13.2 Å². The van der Waals surface area contributed by atoms with Gasteiger partial charge in [0, 0.05) is 5.92 Å². The monoisotopic (exact) mass is 282 g/mol. The molecule has 1 rings (SSSR count). The van der Waals surface area contributed by atoms with Crippen molar-refractivity contribution in [1.82, 2.24) is 5.32 Å². The number of hydrogen-bond donors (Lipinski definition) is 2. The first-order valence-electron chi connectivity index (χ1n) is 5.88. The fourth-order valence-corrected chi connectivity index (χ4v) is 2.19. The van der Waals surface area contributed by atoms with Crippen LogP contribution in [0.15, 0.2) is 0 Å². The summed E-state index contributed by atoms with van der Waals surface area (Å²) in [5, 5.41) is 2.55. The zero-order valence-corrected chi connectivity index (χ0v) is 10.9. The molecule has 104 valence electrons. The van der Waals surface area contributed by atoms with Gasteiger partial charge in [-0.1, -0.05) is 18.6 Å². The zero-order valence-electron chi connectivity index (χ0n) is 10.1. The van der Waals surface area contributed by atoms with Gasteiger partial charge < -0.3 is 11.1 Å². The maximum Gasteiger partial charge on any atom is 0.391 e. The molecule has 1 amide bonds. The van der Waals surface area contributed by atoms with Crippen LogP contribution in [0.5, 0.6) is 0 Å². The van der Waals surface area contributed by atoms with Crippen molar-refractivity contribution in [2.45, 2.75) is 44.8 Å². The molecular weight excluding hydrogens is 265 g/mol. The second-order valence-electron chi connectivity index (χ2n) is 4.73. The van der Waals surface area contributed by atoms with Gasteiger partial charge in [0.1, 0.15) is 0 Å². The molecule has 18 heavy (non-hydrogen) atoms. The van der Waals surface area contributed by atoms with Gasteiger partial charge in [0.15, 0.2) is 0 Å². The second kappa shape index (κ2) is 5.86. The van der Waals surface area contributed by atoms with E-state index in [4.69, 9.17) is 18.0 Å². The highest BCUT2D eigenvalue weighted by Gasteiger charge is 2.43. The lowest BCUT2D eigenvalue weighted by molar-refractivity contribution is -0.186. The van der Waals surface area contributed by atoms with E-state index in [9.17, 15) is 18.0 Å². The minimum Gasteiger partial charge on any atom is -0.392 e. The standard InChI is InChI=1S/C11H17F3N2OS/c1-6(9(15)18)16-10(17)7-3-2-4-8(5-7)11(12,13)14/h6-8H,2-5H2,1H3,(H2,15,18)(H,16,17). The van der Waals surface area contributed by atoms with Crippen LogP contribution in [0.1, 0.15) is 32.6 Å². The highest BCUT2D eigenvalue weighted by Crippen LogP contribution is 2.39. The number of amides is 1. The zero-order chi connectivity index (χ0) is 13.9. The third kappa shape index (κ3) is 4.12. The number of rotatable bonds is 3. The van der Waals surface area contributed by atoms with E-state index in [2.05, 4.69) is 5.32 Å². The number of carbonyl (C=O) groups excluding carboxylic acids is 1. The fourth-order valence-electron chi connectivity index (χ4n) is 2.13. The summed E-state index contributed by atoms with van der Waals surface area (Å²) in [4.78, 5) is 11.9. The molecule has 3 N–H and O–H groups in total. The van der Waals surface area contributed by atoms with Crippen molar-refractivity contribution in [2.24, 2.45) is 17.6 Å². The summed E-state index contributed by atoms with van der Waals surface area (Å²) in [7, 11) is 0. The lowest BCUT2D eigenvalue weighted by Crippen LogP contribution is -2.45. The quantitative estimate of drug-likeness (QED) is 0.780. The molecule has 3 unspecified atom stereocenters. The molecule has 7 heteroatoms. The van der Waals surface area contributed by atoms with Crippen LogP contribution in [0.4, 0.5) is 13.2 Å². The van der Waals surface area contributed by atoms with Crippen LogP contribution in [0, 0.1) is 11.8 Å². The molecule has 3 atom stereocenters. The topological polar surface area (TPSA) is 55.1 Å². The molecule has 0 bridgehead atoms. The minimum absolute atomic E-state index is 0.109. The van der Waals surface area contributed by atoms with Crippen LogP contribution in [0.25, 0.3) is 0 Å². The summed E-state index contributed by atoms with van der Waals surface area (Å²) in [5.41, 5.74) is 5.35. The highest BCUT2D eigenvalue weighted by molar-refractivity contribution is 7.80. The molecule has 0 aromatic rings. The van der Waals surface area contributed by atoms with Crippen LogP contribution in [0.2, 0.25) is 0 Å². The van der Waals surface area contributed by atoms with Crippen molar-refractivity contribution in [1.29, 1.82) is 0 Å². The number of nitrogens with two attached hydrogens (primary N) is 1. The fraction of sp³-hybridized carbons (Fsp3) is 0.818. The van der Waals surface area contributed by atoms with Crippen LogP contribution >= 0.6 is 12.2 Å². The third-order valence-corrected chi connectivity index (χ3v) is 3.65. The Kier molecular flexibility index (Phi) is 4.95. The lowest BCUT2D eigenvalue weighted by atomic mass is 9.80. The predicted octanol–water partition coefficient (Wildman–Crippen LogP) is 2.15. The predicted molar refractivity (Wildman–Crippen MR) is 65.9 cm³/mol. The molecule has 0 aromatic carbocycles. The van der Waals surface area contributed by atoms with E-state index in [0.717, 1.165) is 0 Å². The van der Waals surface area contributed by atoms with E-state index in [0.29, 0.717) is 12.8 Å². The molecule has 0 radical (unpaired) electrons. The summed E-state index contributed by atoms with van der Waals surface area (Å²) in [5.74, 6) is -2.35. The first kappa shape index (κ1) is 15.2. The highest BCUT2D eigenvalue weighted by atomic mass is 32.1. The Morgan fingerprint density at radius 3 is 2.56 bits per heavy atom. The molecule has 1 aliphatic rings. The molecule has 1 saturated carbocycles. The molecular formula is C11H17F3N2OS. The minimum atomic E-state index is -4.21. The summed E-state index contributed by atoms with van der Waals surface area (Å²) in [6, 6.07) is -0.487. The van der Waals surface area contributed by atoms with Crippen LogP contribution in [-0.2, 0) is 4.79 Å². The van der Waals surface area contributed by atoms with E-state index in [1.807, 2.05) is 0 Å². The number of hydrogen-bond acceptors (Lipinski definition) is 2. The Hall–Kier alpha value is -0.850. The van der Waals surface area contributed by atoms with Crippen LogP contribution < -0.4 is 11.1 Å². The Balaban J connectivity index is 2.56. The van der Waals surface area contributed by atoms with E-state index < -0.39 is 24.1 Å². The van der Waals surface area contributed by atoms with E-state index >= 15 is 0 Å². The van der Waals surface area contributed by atoms with Gasteiger partial charge in [0.2, 0.25) is 5.91 Å². The van der Waals surface area contributed by atoms with Crippen molar-refractivity contribution in [3.05, 3.63) is 0 Å². The van der Waals surface area contributed by atoms with Crippen molar-refractivity contribution in [3.8, 4) is 0 Å². The normalized spacial score (nSPS) is 26.4. The molecule has 0 spiro atoms. The Morgan fingerprint density at radius 1 is 1.44 bits per heavy atom. The van der Waals surface area contributed by atoms with Gasteiger partial charge >= 0.3 is 6.18 Å². The largest absolute Gasteiger partial charge is 0.392 e. The van der Waals surface area contributed by atoms with Gasteiger partial charge in [-0.05, 0) is 26.2 Å². The molecule has 3 nitrogen and oxygen atoms in total. The average molecular weight is 282 g/mol. The maximum atomic E-state index is 12.6. The first-order chi connectivity index (χ1) is 8.21. The Labute approximate surface area is 109 Å². The smallest absolute Gasteiger partial charge is 0.391 e. The SMILES string of the molecule is CC(NC(=O)C1CCCC(C(F)(F)F)C1)C(N)=S. The van der Waals surface area contributed by atoms with E-state index in [1.54, 1.807) is 6.92 Å². The van der Waals surface area contributed by atoms with Crippen molar-refractivity contribution in [3.63, 3.8) is 0 Å². The number of thiocarbonyl (C=S) groups is 1. The van der Waals surface area contributed by atoms with Gasteiger partial charge in [0.25, 0.3) is 0 Å². The Morgan fingerprint density at radius 2 is 2.06 bits per heavy atom. The summed E-state index contributed by atoms with van der Waals surface area (Å²) < 4.78 is 37.8. The van der Waals surface area contributed by atoms with Crippen LogP contribution in [-0.4, -0.2) is 23.1 Å².